The molecule has 3 rings (SSSR count). The maximum absolute atomic E-state index is 12.5. The minimum Gasteiger partial charge on any atom is -0.480 e. The van der Waals surface area contributed by atoms with Crippen LogP contribution in [0.3, 0.4) is 0 Å². The molecule has 2 aliphatic rings. The van der Waals surface area contributed by atoms with Crippen LogP contribution in [0.4, 0.5) is 4.79 Å². The normalized spacial score (nSPS) is 25.2. The molecule has 2 aliphatic heterocycles. The zero-order valence-electron chi connectivity index (χ0n) is 15.5. The average Bonchev–Trinajstić information content (AvgIpc) is 2.99. The minimum atomic E-state index is -1.14. The van der Waals surface area contributed by atoms with Crippen molar-refractivity contribution in [2.45, 2.75) is 35.7 Å². The molecular weight excluding hydrogens is 333 g/mol. The van der Waals surface area contributed by atoms with E-state index in [-0.39, 0.29) is 19.6 Å². The zero-order valence-corrected chi connectivity index (χ0v) is 15.5. The molecule has 1 atom stereocenters. The second-order valence-corrected chi connectivity index (χ2v) is 7.86. The van der Waals surface area contributed by atoms with Crippen molar-refractivity contribution in [1.82, 2.24) is 4.90 Å². The summed E-state index contributed by atoms with van der Waals surface area (Å²) >= 11 is 0. The van der Waals surface area contributed by atoms with Crippen molar-refractivity contribution >= 4 is 43.4 Å². The number of carboxylic acids is 1. The molecule has 1 aromatic rings. The smallest absolute Gasteiger partial charge is 0.411 e. The molecule has 1 N–H and O–H groups in total. The Morgan fingerprint density at radius 1 is 1.15 bits per heavy atom. The summed E-state index contributed by atoms with van der Waals surface area (Å²) in [7, 11) is 7.59. The van der Waals surface area contributed by atoms with E-state index in [4.69, 9.17) is 14.2 Å². The van der Waals surface area contributed by atoms with Crippen molar-refractivity contribution < 1.29 is 28.9 Å². The first kappa shape index (κ1) is 18.9. The maximum atomic E-state index is 12.5. The van der Waals surface area contributed by atoms with Gasteiger partial charge in [-0.2, -0.15) is 0 Å². The summed E-state index contributed by atoms with van der Waals surface area (Å²) in [5, 5.41) is 8.34. The van der Waals surface area contributed by atoms with Crippen molar-refractivity contribution in [3.05, 3.63) is 35.9 Å². The lowest BCUT2D eigenvalue weighted by molar-refractivity contribution is -0.161. The van der Waals surface area contributed by atoms with Crippen LogP contribution in [-0.4, -0.2) is 82.6 Å². The number of carbonyl (C=O) groups excluding carboxylic acids is 1. The van der Waals surface area contributed by atoms with E-state index in [9.17, 15) is 14.7 Å². The van der Waals surface area contributed by atoms with Gasteiger partial charge in [-0.05, 0) is 5.56 Å². The van der Waals surface area contributed by atoms with Crippen LogP contribution < -0.4 is 0 Å². The molecule has 26 heavy (non-hydrogen) atoms. The number of rotatable bonds is 3. The SMILES string of the molecule is BC1(B)OC2(C[C@@H](C(=O)O)N(C(=O)OCc3ccccc3)C2)OC1(B)B. The molecule has 1 amide bonds. The van der Waals surface area contributed by atoms with Gasteiger partial charge in [0.25, 0.3) is 0 Å². The fraction of sp³-hybridized carbons (Fsp3) is 0.467. The average molecular weight is 355 g/mol. The number of amides is 1. The van der Waals surface area contributed by atoms with Gasteiger partial charge in [-0.3, -0.25) is 4.90 Å². The highest BCUT2D eigenvalue weighted by molar-refractivity contribution is 6.53. The van der Waals surface area contributed by atoms with Crippen LogP contribution in [-0.2, 0) is 25.6 Å². The number of ether oxygens (including phenoxy) is 3. The number of likely N-dealkylation sites (tertiary alicyclic amines) is 1. The molecule has 2 fully saturated rings. The first-order chi connectivity index (χ1) is 12.1. The van der Waals surface area contributed by atoms with Gasteiger partial charge < -0.3 is 19.3 Å². The molecule has 1 spiro atoms. The van der Waals surface area contributed by atoms with E-state index < -0.39 is 34.7 Å². The molecule has 0 radical (unpaired) electrons. The maximum Gasteiger partial charge on any atom is 0.411 e. The highest BCUT2D eigenvalue weighted by Crippen LogP contribution is 2.44. The van der Waals surface area contributed by atoms with Crippen LogP contribution in [0, 0.1) is 0 Å². The van der Waals surface area contributed by atoms with E-state index in [0.717, 1.165) is 5.56 Å². The molecule has 0 bridgehead atoms. The summed E-state index contributed by atoms with van der Waals surface area (Å²) in [6.45, 7) is 0.0959. The van der Waals surface area contributed by atoms with Gasteiger partial charge in [0, 0.05) is 17.2 Å². The van der Waals surface area contributed by atoms with Crippen molar-refractivity contribution in [2.24, 2.45) is 0 Å². The van der Waals surface area contributed by atoms with E-state index >= 15 is 0 Å². The van der Waals surface area contributed by atoms with Gasteiger partial charge in [0.05, 0.1) is 6.54 Å². The van der Waals surface area contributed by atoms with Crippen LogP contribution in [0.1, 0.15) is 12.0 Å². The Bertz CT molecular complexity index is 697. The summed E-state index contributed by atoms with van der Waals surface area (Å²) in [5.41, 5.74) is 0.831. The molecule has 134 valence electrons. The van der Waals surface area contributed by atoms with Gasteiger partial charge in [0.15, 0.2) is 5.79 Å². The predicted octanol–water partition coefficient (Wildman–Crippen LogP) is -2.93. The van der Waals surface area contributed by atoms with E-state index in [1.165, 1.54) is 4.90 Å². The third-order valence-electron chi connectivity index (χ3n) is 5.35. The summed E-state index contributed by atoms with van der Waals surface area (Å²) in [6.07, 6.45) is -0.622. The van der Waals surface area contributed by atoms with Crippen molar-refractivity contribution in [3.63, 3.8) is 0 Å². The third kappa shape index (κ3) is 3.38. The highest BCUT2D eigenvalue weighted by Gasteiger charge is 2.62. The number of carbonyl (C=O) groups is 2. The van der Waals surface area contributed by atoms with Gasteiger partial charge in [-0.1, -0.05) is 30.3 Å². The molecule has 0 aromatic heterocycles. The van der Waals surface area contributed by atoms with Crippen LogP contribution in [0.5, 0.6) is 0 Å². The Kier molecular flexibility index (Phi) is 4.65. The first-order valence-electron chi connectivity index (χ1n) is 8.66. The second kappa shape index (κ2) is 6.39. The lowest BCUT2D eigenvalue weighted by Gasteiger charge is -2.31. The fourth-order valence-electron chi connectivity index (χ4n) is 3.40. The van der Waals surface area contributed by atoms with Gasteiger partial charge >= 0.3 is 12.1 Å². The summed E-state index contributed by atoms with van der Waals surface area (Å²) in [5.74, 6) is -2.24. The summed E-state index contributed by atoms with van der Waals surface area (Å²) in [6, 6.07) is 8.18. The Morgan fingerprint density at radius 3 is 2.27 bits per heavy atom. The molecule has 0 unspecified atom stereocenters. The Labute approximate surface area is 156 Å². The zero-order chi connectivity index (χ0) is 19.2. The molecule has 2 saturated heterocycles. The number of aliphatic carboxylic acids is 1. The topological polar surface area (TPSA) is 85.3 Å². The van der Waals surface area contributed by atoms with Crippen LogP contribution in [0.2, 0.25) is 0 Å². The molecular formula is C15H21B4NO6. The quantitative estimate of drug-likeness (QED) is 0.585. The number of hydrogen-bond acceptors (Lipinski definition) is 5. The lowest BCUT2D eigenvalue weighted by atomic mass is 9.42. The molecule has 0 saturated carbocycles. The Balaban J connectivity index is 1.74. The van der Waals surface area contributed by atoms with Crippen LogP contribution in [0.25, 0.3) is 0 Å². The van der Waals surface area contributed by atoms with Gasteiger partial charge in [0.1, 0.15) is 44.0 Å². The van der Waals surface area contributed by atoms with Gasteiger partial charge in [-0.25, -0.2) is 9.59 Å². The number of benzene rings is 1. The lowest BCUT2D eigenvalue weighted by Crippen LogP contribution is -2.54. The highest BCUT2D eigenvalue weighted by atomic mass is 16.8. The largest absolute Gasteiger partial charge is 0.480 e. The molecule has 7 nitrogen and oxygen atoms in total. The van der Waals surface area contributed by atoms with Crippen molar-refractivity contribution in [3.8, 4) is 0 Å². The molecule has 1 aromatic carbocycles. The van der Waals surface area contributed by atoms with Crippen molar-refractivity contribution in [1.29, 1.82) is 0 Å². The monoisotopic (exact) mass is 355 g/mol. The van der Waals surface area contributed by atoms with Crippen LogP contribution >= 0.6 is 0 Å². The van der Waals surface area contributed by atoms with Crippen molar-refractivity contribution in [2.75, 3.05) is 6.54 Å². The van der Waals surface area contributed by atoms with E-state index in [2.05, 4.69) is 0 Å². The Hall–Kier alpha value is -1.86. The van der Waals surface area contributed by atoms with Gasteiger partial charge in [-0.15, -0.1) is 0 Å². The van der Waals surface area contributed by atoms with E-state index in [1.54, 1.807) is 0 Å². The van der Waals surface area contributed by atoms with Crippen LogP contribution in [0.15, 0.2) is 30.3 Å². The second-order valence-electron chi connectivity index (χ2n) is 7.86. The summed E-state index contributed by atoms with van der Waals surface area (Å²) in [4.78, 5) is 25.4. The Morgan fingerprint density at radius 2 is 1.73 bits per heavy atom. The molecule has 0 aliphatic carbocycles. The molecule has 2 heterocycles. The predicted molar refractivity (Wildman–Crippen MR) is 104 cm³/mol. The number of carboxylic acid groups (broad SMARTS) is 1. The first-order valence-corrected chi connectivity index (χ1v) is 8.66. The van der Waals surface area contributed by atoms with E-state index in [1.807, 2.05) is 61.7 Å². The van der Waals surface area contributed by atoms with Gasteiger partial charge in [0.2, 0.25) is 0 Å². The standard InChI is InChI=1S/C15H21B4NO6/c16-14(17)15(18,19)26-13(25-14)6-10(11(21)22)20(8-13)12(23)24-7-9-4-2-1-3-5-9/h1-5,10H,6-8,16-19H2,(H,21,22)/t10-/m0/s1. The third-order valence-corrected chi connectivity index (χ3v) is 5.35. The number of hydrogen-bond donors (Lipinski definition) is 1. The fourth-order valence-corrected chi connectivity index (χ4v) is 3.40. The molecule has 11 heteroatoms. The summed E-state index contributed by atoms with van der Waals surface area (Å²) < 4.78 is 17.5. The van der Waals surface area contributed by atoms with E-state index in [0.29, 0.717) is 0 Å². The number of nitrogens with zero attached hydrogens (tertiary/aromatic N) is 1. The minimum absolute atomic E-state index is 0.0183.